The zero-order valence-corrected chi connectivity index (χ0v) is 9.36. The van der Waals surface area contributed by atoms with Gasteiger partial charge < -0.3 is 14.4 Å². The second-order valence-electron chi connectivity index (χ2n) is 3.37. The molecule has 0 aliphatic carbocycles. The van der Waals surface area contributed by atoms with Crippen LogP contribution < -0.4 is 4.74 Å². The van der Waals surface area contributed by atoms with Crippen molar-refractivity contribution in [3.63, 3.8) is 0 Å². The molecule has 0 unspecified atom stereocenters. The van der Waals surface area contributed by atoms with E-state index in [9.17, 15) is 4.79 Å². The van der Waals surface area contributed by atoms with E-state index in [1.54, 1.807) is 29.9 Å². The number of carbonyl (C=O) groups is 1. The largest absolute Gasteiger partial charge is 0.497 e. The van der Waals surface area contributed by atoms with Crippen LogP contribution >= 0.6 is 11.6 Å². The van der Waals surface area contributed by atoms with E-state index in [4.69, 9.17) is 21.4 Å². The first-order chi connectivity index (χ1) is 7.61. The number of fused-ring (bicyclic) bond motifs is 1. The van der Waals surface area contributed by atoms with Crippen molar-refractivity contribution in [3.05, 3.63) is 29.4 Å². The van der Waals surface area contributed by atoms with Crippen LogP contribution in [0.15, 0.2) is 24.3 Å². The number of carboxylic acid groups (broad SMARTS) is 1. The summed E-state index contributed by atoms with van der Waals surface area (Å²) in [6.45, 7) is -0.144. The van der Waals surface area contributed by atoms with Gasteiger partial charge in [-0.05, 0) is 24.3 Å². The van der Waals surface area contributed by atoms with E-state index in [0.717, 1.165) is 16.7 Å². The topological polar surface area (TPSA) is 51.5 Å². The molecule has 0 aliphatic rings. The molecule has 0 aliphatic heterocycles. The van der Waals surface area contributed by atoms with E-state index >= 15 is 0 Å². The summed E-state index contributed by atoms with van der Waals surface area (Å²) in [6, 6.07) is 7.11. The van der Waals surface area contributed by atoms with E-state index in [1.165, 1.54) is 0 Å². The summed E-state index contributed by atoms with van der Waals surface area (Å²) in [4.78, 5) is 10.7. The van der Waals surface area contributed by atoms with Crippen LogP contribution in [-0.2, 0) is 11.3 Å². The maximum absolute atomic E-state index is 10.7. The molecule has 0 saturated carbocycles. The molecule has 0 radical (unpaired) electrons. The number of nitrogens with zero attached hydrogens (tertiary/aromatic N) is 1. The Labute approximate surface area is 97.0 Å². The summed E-state index contributed by atoms with van der Waals surface area (Å²) in [5.74, 6) is -0.202. The third kappa shape index (κ3) is 1.84. The van der Waals surface area contributed by atoms with Crippen LogP contribution in [0.1, 0.15) is 0 Å². The summed E-state index contributed by atoms with van der Waals surface area (Å²) in [5.41, 5.74) is 0.785. The zero-order valence-electron chi connectivity index (χ0n) is 8.61. The number of methoxy groups -OCH3 is 1. The monoisotopic (exact) mass is 239 g/mol. The number of aliphatic carboxylic acids is 1. The van der Waals surface area contributed by atoms with Gasteiger partial charge in [0.15, 0.2) is 0 Å². The Kier molecular flexibility index (Phi) is 2.75. The minimum Gasteiger partial charge on any atom is -0.497 e. The fraction of sp³-hybridized carbons (Fsp3) is 0.182. The highest BCUT2D eigenvalue weighted by Crippen LogP contribution is 2.27. The first-order valence-corrected chi connectivity index (χ1v) is 5.04. The lowest BCUT2D eigenvalue weighted by Gasteiger charge is -2.04. The summed E-state index contributed by atoms with van der Waals surface area (Å²) >= 11 is 5.97. The van der Waals surface area contributed by atoms with E-state index < -0.39 is 5.97 Å². The van der Waals surface area contributed by atoms with Crippen LogP contribution in [0, 0.1) is 0 Å². The molecule has 16 heavy (non-hydrogen) atoms. The zero-order chi connectivity index (χ0) is 11.7. The summed E-state index contributed by atoms with van der Waals surface area (Å²) in [5, 5.41) is 10.0. The smallest absolute Gasteiger partial charge is 0.323 e. The molecule has 2 aromatic rings. The Morgan fingerprint density at radius 1 is 1.50 bits per heavy atom. The lowest BCUT2D eigenvalue weighted by molar-refractivity contribution is -0.137. The number of carboxylic acids is 1. The minimum absolute atomic E-state index is 0.144. The first-order valence-electron chi connectivity index (χ1n) is 4.66. The van der Waals surface area contributed by atoms with Gasteiger partial charge in [-0.1, -0.05) is 11.6 Å². The fourth-order valence-corrected chi connectivity index (χ4v) is 1.91. The Morgan fingerprint density at radius 2 is 2.25 bits per heavy atom. The molecule has 2 rings (SSSR count). The van der Waals surface area contributed by atoms with Gasteiger partial charge >= 0.3 is 5.97 Å². The molecule has 0 fully saturated rings. The van der Waals surface area contributed by atoms with Gasteiger partial charge in [0.2, 0.25) is 0 Å². The molecular weight excluding hydrogens is 230 g/mol. The molecule has 5 heteroatoms. The van der Waals surface area contributed by atoms with Crippen molar-refractivity contribution in [2.75, 3.05) is 7.11 Å². The van der Waals surface area contributed by atoms with E-state index in [1.807, 2.05) is 6.07 Å². The highest BCUT2D eigenvalue weighted by molar-refractivity contribution is 6.31. The Bertz CT molecular complexity index is 547. The Hall–Kier alpha value is -1.68. The molecule has 0 bridgehead atoms. The van der Waals surface area contributed by atoms with Gasteiger partial charge in [0.1, 0.15) is 17.4 Å². The number of hydrogen-bond acceptors (Lipinski definition) is 2. The Balaban J connectivity index is 2.57. The van der Waals surface area contributed by atoms with E-state index in [0.29, 0.717) is 5.15 Å². The molecular formula is C11H10ClNO3. The molecule has 1 aromatic heterocycles. The molecule has 0 saturated heterocycles. The maximum Gasteiger partial charge on any atom is 0.323 e. The highest BCUT2D eigenvalue weighted by Gasteiger charge is 2.10. The van der Waals surface area contributed by atoms with Gasteiger partial charge in [-0.15, -0.1) is 0 Å². The van der Waals surface area contributed by atoms with Crippen molar-refractivity contribution in [2.24, 2.45) is 0 Å². The molecule has 1 N–H and O–H groups in total. The van der Waals surface area contributed by atoms with Gasteiger partial charge in [-0.25, -0.2) is 0 Å². The van der Waals surface area contributed by atoms with Gasteiger partial charge in [0, 0.05) is 5.39 Å². The maximum atomic E-state index is 10.7. The van der Waals surface area contributed by atoms with Gasteiger partial charge in [0.25, 0.3) is 0 Å². The summed E-state index contributed by atoms with van der Waals surface area (Å²) in [7, 11) is 1.58. The van der Waals surface area contributed by atoms with Gasteiger partial charge in [-0.2, -0.15) is 0 Å². The van der Waals surface area contributed by atoms with Gasteiger partial charge in [0.05, 0.1) is 12.6 Å². The van der Waals surface area contributed by atoms with Crippen molar-refractivity contribution in [2.45, 2.75) is 6.54 Å². The van der Waals surface area contributed by atoms with Crippen LogP contribution in [0.2, 0.25) is 5.15 Å². The number of halogens is 1. The van der Waals surface area contributed by atoms with E-state index in [-0.39, 0.29) is 6.54 Å². The normalized spacial score (nSPS) is 10.6. The first kappa shape index (κ1) is 10.8. The van der Waals surface area contributed by atoms with Crippen molar-refractivity contribution in [1.29, 1.82) is 0 Å². The van der Waals surface area contributed by atoms with Gasteiger partial charge in [-0.3, -0.25) is 4.79 Å². The van der Waals surface area contributed by atoms with Crippen LogP contribution in [0.4, 0.5) is 0 Å². The van der Waals surface area contributed by atoms with Crippen molar-refractivity contribution >= 4 is 28.5 Å². The number of hydrogen-bond donors (Lipinski definition) is 1. The molecule has 4 nitrogen and oxygen atoms in total. The third-order valence-corrected chi connectivity index (χ3v) is 2.66. The van der Waals surface area contributed by atoms with Crippen molar-refractivity contribution in [3.8, 4) is 5.75 Å². The van der Waals surface area contributed by atoms with E-state index in [2.05, 4.69) is 0 Å². The van der Waals surface area contributed by atoms with Crippen molar-refractivity contribution in [1.82, 2.24) is 4.57 Å². The molecule has 1 heterocycles. The third-order valence-electron chi connectivity index (χ3n) is 2.35. The average Bonchev–Trinajstić information content (AvgIpc) is 2.54. The van der Waals surface area contributed by atoms with Crippen LogP contribution in [0.5, 0.6) is 5.75 Å². The molecule has 0 atom stereocenters. The number of rotatable bonds is 3. The lowest BCUT2D eigenvalue weighted by Crippen LogP contribution is -2.08. The SMILES string of the molecule is COc1ccc2c(c1)cc(Cl)n2CC(=O)O. The quantitative estimate of drug-likeness (QED) is 0.895. The predicted molar refractivity (Wildman–Crippen MR) is 61.1 cm³/mol. The lowest BCUT2D eigenvalue weighted by atomic mass is 10.2. The van der Waals surface area contributed by atoms with Crippen LogP contribution in [0.25, 0.3) is 10.9 Å². The number of ether oxygens (including phenoxy) is 1. The van der Waals surface area contributed by atoms with Crippen LogP contribution in [0.3, 0.4) is 0 Å². The average molecular weight is 240 g/mol. The molecule has 0 amide bonds. The predicted octanol–water partition coefficient (Wildman–Crippen LogP) is 2.39. The minimum atomic E-state index is -0.921. The number of benzene rings is 1. The molecule has 1 aromatic carbocycles. The highest BCUT2D eigenvalue weighted by atomic mass is 35.5. The fourth-order valence-electron chi connectivity index (χ4n) is 1.64. The van der Waals surface area contributed by atoms with Crippen molar-refractivity contribution < 1.29 is 14.6 Å². The molecule has 0 spiro atoms. The number of aromatic nitrogens is 1. The Morgan fingerprint density at radius 3 is 2.88 bits per heavy atom. The molecule has 84 valence electrons. The van der Waals surface area contributed by atoms with Crippen LogP contribution in [-0.4, -0.2) is 22.8 Å². The summed E-state index contributed by atoms with van der Waals surface area (Å²) < 4.78 is 6.62. The second kappa shape index (κ2) is 4.06. The standard InChI is InChI=1S/C11H10ClNO3/c1-16-8-2-3-9-7(4-8)5-10(12)13(9)6-11(14)15/h2-5H,6H2,1H3,(H,14,15). The summed E-state index contributed by atoms with van der Waals surface area (Å²) in [6.07, 6.45) is 0. The second-order valence-corrected chi connectivity index (χ2v) is 3.76.